The third kappa shape index (κ3) is 4.00. The van der Waals surface area contributed by atoms with Gasteiger partial charge in [-0.2, -0.15) is 0 Å². The van der Waals surface area contributed by atoms with E-state index in [1.54, 1.807) is 12.3 Å². The van der Waals surface area contributed by atoms with Crippen molar-refractivity contribution in [3.63, 3.8) is 0 Å². The van der Waals surface area contributed by atoms with Crippen LogP contribution in [0.2, 0.25) is 0 Å². The Kier molecular flexibility index (Phi) is 4.88. The first kappa shape index (κ1) is 17.3. The van der Waals surface area contributed by atoms with Crippen LogP contribution in [0.25, 0.3) is 0 Å². The maximum absolute atomic E-state index is 12.8. The molecule has 0 atom stereocenters. The van der Waals surface area contributed by atoms with Crippen LogP contribution < -0.4 is 5.32 Å². The van der Waals surface area contributed by atoms with E-state index in [4.69, 9.17) is 0 Å². The Balaban J connectivity index is 1.38. The summed E-state index contributed by atoms with van der Waals surface area (Å²) < 4.78 is 0. The molecule has 0 fully saturated rings. The zero-order chi connectivity index (χ0) is 18.6. The van der Waals surface area contributed by atoms with Crippen molar-refractivity contribution in [2.75, 3.05) is 11.9 Å². The topological polar surface area (TPSA) is 45.2 Å². The number of aromatic nitrogens is 1. The van der Waals surface area contributed by atoms with Gasteiger partial charge in [0.15, 0.2) is 0 Å². The zero-order valence-corrected chi connectivity index (χ0v) is 15.5. The van der Waals surface area contributed by atoms with Crippen LogP contribution in [0, 0.1) is 6.92 Å². The van der Waals surface area contributed by atoms with Crippen LogP contribution in [-0.2, 0) is 19.5 Å². The van der Waals surface area contributed by atoms with Gasteiger partial charge < -0.3 is 10.2 Å². The van der Waals surface area contributed by atoms with Gasteiger partial charge in [-0.25, -0.2) is 4.98 Å². The van der Waals surface area contributed by atoms with E-state index >= 15 is 0 Å². The number of carbonyl (C=O) groups excluding carboxylic acids is 1. The van der Waals surface area contributed by atoms with Gasteiger partial charge in [-0.3, -0.25) is 4.79 Å². The molecule has 3 aromatic rings. The van der Waals surface area contributed by atoms with Crippen LogP contribution in [0.1, 0.15) is 32.7 Å². The second-order valence-electron chi connectivity index (χ2n) is 7.02. The molecule has 136 valence electrons. The number of aryl methyl sites for hydroxylation is 1. The molecule has 0 aliphatic carbocycles. The Morgan fingerprint density at radius 3 is 2.56 bits per heavy atom. The fourth-order valence-corrected chi connectivity index (χ4v) is 3.37. The molecule has 1 N–H and O–H groups in total. The molecule has 1 aromatic heterocycles. The van der Waals surface area contributed by atoms with Crippen molar-refractivity contribution in [3.8, 4) is 0 Å². The van der Waals surface area contributed by atoms with Gasteiger partial charge in [0.1, 0.15) is 5.69 Å². The van der Waals surface area contributed by atoms with Crippen molar-refractivity contribution in [3.05, 3.63) is 94.8 Å². The standard InChI is InChI=1S/C23H23N3O/c1-17-6-8-18(9-7-17)14-24-21-10-11-22(25-15-21)23(27)26-13-12-19-4-2-3-5-20(19)16-26/h2-11,15,24H,12-14,16H2,1H3. The van der Waals surface area contributed by atoms with Crippen molar-refractivity contribution in [1.82, 2.24) is 9.88 Å². The molecule has 2 aromatic carbocycles. The number of nitrogens with one attached hydrogen (secondary N) is 1. The lowest BCUT2D eigenvalue weighted by Gasteiger charge is -2.28. The van der Waals surface area contributed by atoms with E-state index in [0.29, 0.717) is 12.2 Å². The number of nitrogens with zero attached hydrogens (tertiary/aromatic N) is 2. The van der Waals surface area contributed by atoms with Gasteiger partial charge in [0.25, 0.3) is 5.91 Å². The molecule has 1 amide bonds. The number of hydrogen-bond donors (Lipinski definition) is 1. The van der Waals surface area contributed by atoms with Gasteiger partial charge in [-0.15, -0.1) is 0 Å². The molecule has 0 saturated carbocycles. The number of fused-ring (bicyclic) bond motifs is 1. The lowest BCUT2D eigenvalue weighted by Crippen LogP contribution is -2.36. The molecule has 4 nitrogen and oxygen atoms in total. The molecule has 0 radical (unpaired) electrons. The summed E-state index contributed by atoms with van der Waals surface area (Å²) in [5, 5.41) is 3.35. The van der Waals surface area contributed by atoms with Crippen LogP contribution in [0.3, 0.4) is 0 Å². The summed E-state index contributed by atoms with van der Waals surface area (Å²) in [4.78, 5) is 19.0. The average Bonchev–Trinajstić information content (AvgIpc) is 2.73. The van der Waals surface area contributed by atoms with Crippen molar-refractivity contribution < 1.29 is 4.79 Å². The molecule has 27 heavy (non-hydrogen) atoms. The van der Waals surface area contributed by atoms with E-state index < -0.39 is 0 Å². The molecule has 0 unspecified atom stereocenters. The van der Waals surface area contributed by atoms with Gasteiger partial charge in [0, 0.05) is 19.6 Å². The number of rotatable bonds is 4. The Morgan fingerprint density at radius 2 is 1.81 bits per heavy atom. The Hall–Kier alpha value is -3.14. The van der Waals surface area contributed by atoms with Gasteiger partial charge in [-0.05, 0) is 42.2 Å². The maximum atomic E-state index is 12.8. The second-order valence-corrected chi connectivity index (χ2v) is 7.02. The minimum atomic E-state index is -0.00501. The predicted molar refractivity (Wildman–Crippen MR) is 108 cm³/mol. The minimum absolute atomic E-state index is 0.00501. The second kappa shape index (κ2) is 7.62. The highest BCUT2D eigenvalue weighted by Gasteiger charge is 2.22. The molecular formula is C23H23N3O. The van der Waals surface area contributed by atoms with Gasteiger partial charge in [-0.1, -0.05) is 54.1 Å². The van der Waals surface area contributed by atoms with Crippen molar-refractivity contribution in [2.24, 2.45) is 0 Å². The maximum Gasteiger partial charge on any atom is 0.272 e. The van der Waals surface area contributed by atoms with Crippen LogP contribution in [-0.4, -0.2) is 22.3 Å². The molecular weight excluding hydrogens is 334 g/mol. The summed E-state index contributed by atoms with van der Waals surface area (Å²) in [5.41, 5.74) is 6.45. The van der Waals surface area contributed by atoms with E-state index in [2.05, 4.69) is 59.7 Å². The molecule has 2 heterocycles. The Morgan fingerprint density at radius 1 is 1.04 bits per heavy atom. The quantitative estimate of drug-likeness (QED) is 0.761. The van der Waals surface area contributed by atoms with Crippen molar-refractivity contribution in [2.45, 2.75) is 26.4 Å². The van der Waals surface area contributed by atoms with Crippen molar-refractivity contribution >= 4 is 11.6 Å². The highest BCUT2D eigenvalue weighted by Crippen LogP contribution is 2.20. The van der Waals surface area contributed by atoms with E-state index in [-0.39, 0.29) is 5.91 Å². The van der Waals surface area contributed by atoms with E-state index in [0.717, 1.165) is 25.2 Å². The lowest BCUT2D eigenvalue weighted by molar-refractivity contribution is 0.0729. The summed E-state index contributed by atoms with van der Waals surface area (Å²) in [6.07, 6.45) is 2.64. The highest BCUT2D eigenvalue weighted by atomic mass is 16.2. The van der Waals surface area contributed by atoms with E-state index in [9.17, 15) is 4.79 Å². The molecule has 0 saturated heterocycles. The SMILES string of the molecule is Cc1ccc(CNc2ccc(C(=O)N3CCc4ccccc4C3)nc2)cc1. The first-order valence-electron chi connectivity index (χ1n) is 9.30. The van der Waals surface area contributed by atoms with E-state index in [1.165, 1.54) is 22.3 Å². The number of pyridine rings is 1. The van der Waals surface area contributed by atoms with Crippen LogP contribution in [0.5, 0.6) is 0 Å². The molecule has 0 spiro atoms. The first-order valence-corrected chi connectivity index (χ1v) is 9.30. The predicted octanol–water partition coefficient (Wildman–Crippen LogP) is 4.20. The average molecular weight is 357 g/mol. The fourth-order valence-electron chi connectivity index (χ4n) is 3.37. The first-order chi connectivity index (χ1) is 13.2. The zero-order valence-electron chi connectivity index (χ0n) is 15.5. The largest absolute Gasteiger partial charge is 0.380 e. The minimum Gasteiger partial charge on any atom is -0.380 e. The van der Waals surface area contributed by atoms with Crippen LogP contribution in [0.15, 0.2) is 66.9 Å². The third-order valence-electron chi connectivity index (χ3n) is 5.02. The van der Waals surface area contributed by atoms with Crippen molar-refractivity contribution in [1.29, 1.82) is 0 Å². The van der Waals surface area contributed by atoms with Gasteiger partial charge in [0.2, 0.25) is 0 Å². The summed E-state index contributed by atoms with van der Waals surface area (Å²) in [7, 11) is 0. The van der Waals surface area contributed by atoms with Crippen LogP contribution >= 0.6 is 0 Å². The van der Waals surface area contributed by atoms with Gasteiger partial charge in [0.05, 0.1) is 11.9 Å². The monoisotopic (exact) mass is 357 g/mol. The number of hydrogen-bond acceptors (Lipinski definition) is 3. The lowest BCUT2D eigenvalue weighted by atomic mass is 10.00. The van der Waals surface area contributed by atoms with E-state index in [1.807, 2.05) is 17.0 Å². The fraction of sp³-hybridized carbons (Fsp3) is 0.217. The van der Waals surface area contributed by atoms with Crippen LogP contribution in [0.4, 0.5) is 5.69 Å². The molecule has 0 bridgehead atoms. The third-order valence-corrected chi connectivity index (χ3v) is 5.02. The number of carbonyl (C=O) groups is 1. The number of amides is 1. The summed E-state index contributed by atoms with van der Waals surface area (Å²) in [6, 6.07) is 20.5. The molecule has 1 aliphatic rings. The molecule has 4 heteroatoms. The molecule has 4 rings (SSSR count). The molecule has 1 aliphatic heterocycles. The summed E-state index contributed by atoms with van der Waals surface area (Å²) in [5.74, 6) is -0.00501. The smallest absolute Gasteiger partial charge is 0.272 e. The Labute approximate surface area is 159 Å². The summed E-state index contributed by atoms with van der Waals surface area (Å²) in [6.45, 7) is 4.21. The number of benzene rings is 2. The highest BCUT2D eigenvalue weighted by molar-refractivity contribution is 5.92. The van der Waals surface area contributed by atoms with Gasteiger partial charge >= 0.3 is 0 Å². The Bertz CT molecular complexity index is 933. The normalized spacial score (nSPS) is 13.1. The summed E-state index contributed by atoms with van der Waals surface area (Å²) >= 11 is 0. The number of anilines is 1.